The van der Waals surface area contributed by atoms with Crippen molar-refractivity contribution in [3.8, 4) is 0 Å². The number of aromatic nitrogens is 1. The quantitative estimate of drug-likeness (QED) is 0.582. The fourth-order valence-electron chi connectivity index (χ4n) is 1.86. The average Bonchev–Trinajstić information content (AvgIpc) is 2.90. The Hall–Kier alpha value is -1.58. The number of hydrogen-bond acceptors (Lipinski definition) is 6. The normalized spacial score (nSPS) is 19.5. The highest BCUT2D eigenvalue weighted by Crippen LogP contribution is 2.12. The van der Waals surface area contributed by atoms with Gasteiger partial charge < -0.3 is 15.4 Å². The molecule has 1 unspecified atom stereocenters. The first-order valence-electron chi connectivity index (χ1n) is 5.82. The summed E-state index contributed by atoms with van der Waals surface area (Å²) in [6, 6.07) is 2.39. The molecule has 2 N–H and O–H groups in total. The summed E-state index contributed by atoms with van der Waals surface area (Å²) in [4.78, 5) is 13.2. The van der Waals surface area contributed by atoms with E-state index in [0.29, 0.717) is 6.54 Å². The van der Waals surface area contributed by atoms with Crippen LogP contribution < -0.4 is 10.0 Å². The summed E-state index contributed by atoms with van der Waals surface area (Å²) in [6.07, 6.45) is 2.95. The van der Waals surface area contributed by atoms with Crippen molar-refractivity contribution in [1.82, 2.24) is 15.0 Å². The molecule has 1 atom stereocenters. The summed E-state index contributed by atoms with van der Waals surface area (Å²) < 4.78 is 26.3. The molecular formula is C10H14N4O4S. The standard InChI is InChI=1S/C10H14N4O4S/c15-14(16)10-4-3-9(7-12-10)19(17,18)13-6-8-2-1-5-11-8/h3-4,7-8,11,13H,1-2,5-6H2. The zero-order valence-corrected chi connectivity index (χ0v) is 10.9. The maximum Gasteiger partial charge on any atom is 0.363 e. The van der Waals surface area contributed by atoms with Crippen LogP contribution in [0.2, 0.25) is 0 Å². The van der Waals surface area contributed by atoms with Gasteiger partial charge in [-0.25, -0.2) is 13.1 Å². The van der Waals surface area contributed by atoms with E-state index in [0.717, 1.165) is 31.6 Å². The van der Waals surface area contributed by atoms with Crippen LogP contribution in [-0.2, 0) is 10.0 Å². The van der Waals surface area contributed by atoms with E-state index in [1.165, 1.54) is 6.07 Å². The molecule has 1 aliphatic rings. The molecule has 1 aliphatic heterocycles. The molecule has 0 spiro atoms. The van der Waals surface area contributed by atoms with Crippen LogP contribution in [0.15, 0.2) is 23.2 Å². The molecular weight excluding hydrogens is 272 g/mol. The van der Waals surface area contributed by atoms with E-state index in [4.69, 9.17) is 0 Å². The van der Waals surface area contributed by atoms with Crippen molar-refractivity contribution in [3.63, 3.8) is 0 Å². The van der Waals surface area contributed by atoms with Crippen LogP contribution in [0.1, 0.15) is 12.8 Å². The Bertz CT molecular complexity index is 551. The number of nitrogens with one attached hydrogen (secondary N) is 2. The predicted molar refractivity (Wildman–Crippen MR) is 67.1 cm³/mol. The van der Waals surface area contributed by atoms with E-state index in [1.807, 2.05) is 0 Å². The lowest BCUT2D eigenvalue weighted by atomic mass is 10.2. The molecule has 1 aromatic rings. The molecule has 1 fully saturated rings. The molecule has 0 radical (unpaired) electrons. The Kier molecular flexibility index (Phi) is 4.08. The minimum atomic E-state index is -3.67. The van der Waals surface area contributed by atoms with E-state index >= 15 is 0 Å². The number of hydrogen-bond donors (Lipinski definition) is 2. The van der Waals surface area contributed by atoms with Gasteiger partial charge >= 0.3 is 5.82 Å². The van der Waals surface area contributed by atoms with Crippen LogP contribution >= 0.6 is 0 Å². The number of sulfonamides is 1. The van der Waals surface area contributed by atoms with Gasteiger partial charge in [0.05, 0.1) is 0 Å². The van der Waals surface area contributed by atoms with Gasteiger partial charge in [-0.3, -0.25) is 0 Å². The SMILES string of the molecule is O=[N+]([O-])c1ccc(S(=O)(=O)NCC2CCCN2)cn1. The minimum Gasteiger partial charge on any atom is -0.358 e. The molecule has 1 saturated heterocycles. The molecule has 0 bridgehead atoms. The lowest BCUT2D eigenvalue weighted by Crippen LogP contribution is -2.37. The van der Waals surface area contributed by atoms with Gasteiger partial charge in [0.15, 0.2) is 6.20 Å². The summed E-state index contributed by atoms with van der Waals surface area (Å²) >= 11 is 0. The van der Waals surface area contributed by atoms with E-state index in [-0.39, 0.29) is 16.8 Å². The number of pyridine rings is 1. The van der Waals surface area contributed by atoms with Gasteiger partial charge in [0.1, 0.15) is 4.90 Å². The van der Waals surface area contributed by atoms with Gasteiger partial charge in [0.25, 0.3) is 0 Å². The van der Waals surface area contributed by atoms with Crippen LogP contribution in [0.25, 0.3) is 0 Å². The Balaban J connectivity index is 2.03. The minimum absolute atomic E-state index is 0.0731. The third-order valence-corrected chi connectivity index (χ3v) is 4.31. The molecule has 0 saturated carbocycles. The average molecular weight is 286 g/mol. The lowest BCUT2D eigenvalue weighted by molar-refractivity contribution is -0.389. The smallest absolute Gasteiger partial charge is 0.358 e. The molecule has 19 heavy (non-hydrogen) atoms. The van der Waals surface area contributed by atoms with Crippen LogP contribution in [0.3, 0.4) is 0 Å². The van der Waals surface area contributed by atoms with E-state index < -0.39 is 14.9 Å². The third kappa shape index (κ3) is 3.46. The van der Waals surface area contributed by atoms with Crippen LogP contribution in [-0.4, -0.2) is 37.5 Å². The number of nitro groups is 1. The van der Waals surface area contributed by atoms with Gasteiger partial charge in [-0.05, 0) is 35.4 Å². The summed E-state index contributed by atoms with van der Waals surface area (Å²) in [7, 11) is -3.67. The fraction of sp³-hybridized carbons (Fsp3) is 0.500. The zero-order valence-electron chi connectivity index (χ0n) is 10.1. The molecule has 0 amide bonds. The van der Waals surface area contributed by atoms with E-state index in [2.05, 4.69) is 15.0 Å². The Morgan fingerprint density at radius 3 is 2.84 bits per heavy atom. The molecule has 104 valence electrons. The predicted octanol–water partition coefficient (Wildman–Crippen LogP) is 0.0201. The second-order valence-corrected chi connectivity index (χ2v) is 6.02. The van der Waals surface area contributed by atoms with Crippen LogP contribution in [0.5, 0.6) is 0 Å². The molecule has 8 nitrogen and oxygen atoms in total. The highest BCUT2D eigenvalue weighted by Gasteiger charge is 2.21. The van der Waals surface area contributed by atoms with E-state index in [1.54, 1.807) is 0 Å². The lowest BCUT2D eigenvalue weighted by Gasteiger charge is -2.11. The third-order valence-electron chi connectivity index (χ3n) is 2.90. The zero-order chi connectivity index (χ0) is 13.9. The Labute approximate surface area is 110 Å². The largest absolute Gasteiger partial charge is 0.363 e. The maximum atomic E-state index is 11.9. The van der Waals surface area contributed by atoms with Crippen molar-refractivity contribution in [2.75, 3.05) is 13.1 Å². The summed E-state index contributed by atoms with van der Waals surface area (Å²) in [5.41, 5.74) is 0. The van der Waals surface area contributed by atoms with E-state index in [9.17, 15) is 18.5 Å². The van der Waals surface area contributed by atoms with Gasteiger partial charge in [-0.15, -0.1) is 0 Å². The first kappa shape index (κ1) is 13.8. The van der Waals surface area contributed by atoms with Gasteiger partial charge in [0.2, 0.25) is 10.0 Å². The second kappa shape index (κ2) is 5.59. The fourth-order valence-corrected chi connectivity index (χ4v) is 2.89. The Morgan fingerprint density at radius 1 is 1.53 bits per heavy atom. The van der Waals surface area contributed by atoms with Crippen molar-refractivity contribution in [2.45, 2.75) is 23.8 Å². The molecule has 1 aromatic heterocycles. The van der Waals surface area contributed by atoms with Gasteiger partial charge in [-0.1, -0.05) is 0 Å². The number of nitrogens with zero attached hydrogens (tertiary/aromatic N) is 2. The number of rotatable bonds is 5. The first-order valence-corrected chi connectivity index (χ1v) is 7.31. The molecule has 0 aromatic carbocycles. The van der Waals surface area contributed by atoms with Gasteiger partial charge in [0, 0.05) is 18.7 Å². The van der Waals surface area contributed by atoms with Crippen molar-refractivity contribution in [3.05, 3.63) is 28.4 Å². The van der Waals surface area contributed by atoms with Gasteiger partial charge in [-0.2, -0.15) is 0 Å². The first-order chi connectivity index (χ1) is 8.99. The molecule has 2 heterocycles. The molecule has 9 heteroatoms. The second-order valence-electron chi connectivity index (χ2n) is 4.25. The topological polar surface area (TPSA) is 114 Å². The maximum absolute atomic E-state index is 11.9. The summed E-state index contributed by atoms with van der Waals surface area (Å²) in [5, 5.41) is 13.6. The monoisotopic (exact) mass is 286 g/mol. The van der Waals surface area contributed by atoms with Crippen LogP contribution in [0, 0.1) is 10.1 Å². The van der Waals surface area contributed by atoms with Crippen LogP contribution in [0.4, 0.5) is 5.82 Å². The summed E-state index contributed by atoms with van der Waals surface area (Å²) in [5.74, 6) is -0.378. The highest BCUT2D eigenvalue weighted by atomic mass is 32.2. The highest BCUT2D eigenvalue weighted by molar-refractivity contribution is 7.89. The summed E-state index contributed by atoms with van der Waals surface area (Å²) in [6.45, 7) is 1.20. The van der Waals surface area contributed by atoms with Crippen molar-refractivity contribution < 1.29 is 13.3 Å². The molecule has 0 aliphatic carbocycles. The molecule has 2 rings (SSSR count). The van der Waals surface area contributed by atoms with Crippen molar-refractivity contribution in [2.24, 2.45) is 0 Å². The van der Waals surface area contributed by atoms with Crippen molar-refractivity contribution >= 4 is 15.8 Å². The van der Waals surface area contributed by atoms with Crippen molar-refractivity contribution in [1.29, 1.82) is 0 Å². The Morgan fingerprint density at radius 2 is 2.32 bits per heavy atom.